The van der Waals surface area contributed by atoms with Gasteiger partial charge >= 0.3 is 0 Å². The molecule has 2 nitrogen and oxygen atoms in total. The summed E-state index contributed by atoms with van der Waals surface area (Å²) in [6.45, 7) is 6.16. The Bertz CT molecular complexity index is 402. The SMILES string of the molecule is Cc1ccc(CC2(O)CCCN(C)C2)cc1C. The molecule has 0 saturated carbocycles. The van der Waals surface area contributed by atoms with Crippen molar-refractivity contribution in [3.63, 3.8) is 0 Å². The number of likely N-dealkylation sites (tertiary alicyclic amines) is 1. The average molecular weight is 233 g/mol. The fourth-order valence-corrected chi connectivity index (χ4v) is 2.78. The second kappa shape index (κ2) is 4.79. The van der Waals surface area contributed by atoms with E-state index in [0.29, 0.717) is 0 Å². The molecule has 0 bridgehead atoms. The molecule has 1 fully saturated rings. The van der Waals surface area contributed by atoms with E-state index in [0.717, 1.165) is 32.4 Å². The molecule has 1 aliphatic rings. The molecule has 0 aliphatic carbocycles. The maximum Gasteiger partial charge on any atom is 0.0814 e. The Hall–Kier alpha value is -0.860. The molecule has 1 aliphatic heterocycles. The van der Waals surface area contributed by atoms with E-state index in [4.69, 9.17) is 0 Å². The maximum absolute atomic E-state index is 10.6. The number of likely N-dealkylation sites (N-methyl/N-ethyl adjacent to an activating group) is 1. The van der Waals surface area contributed by atoms with Gasteiger partial charge in [-0.05, 0) is 57.0 Å². The lowest BCUT2D eigenvalue weighted by molar-refractivity contribution is -0.0223. The molecule has 0 amide bonds. The first-order valence-electron chi connectivity index (χ1n) is 6.46. The summed E-state index contributed by atoms with van der Waals surface area (Å²) in [6, 6.07) is 6.51. The molecular weight excluding hydrogens is 210 g/mol. The minimum absolute atomic E-state index is 0.533. The zero-order valence-corrected chi connectivity index (χ0v) is 11.2. The number of hydrogen-bond acceptors (Lipinski definition) is 2. The van der Waals surface area contributed by atoms with Crippen molar-refractivity contribution >= 4 is 0 Å². The zero-order valence-electron chi connectivity index (χ0n) is 11.2. The fraction of sp³-hybridized carbons (Fsp3) is 0.600. The van der Waals surface area contributed by atoms with E-state index >= 15 is 0 Å². The predicted octanol–water partition coefficient (Wildman–Crippen LogP) is 2.30. The molecule has 1 atom stereocenters. The Morgan fingerprint density at radius 3 is 2.71 bits per heavy atom. The van der Waals surface area contributed by atoms with Crippen LogP contribution in [0, 0.1) is 13.8 Å². The van der Waals surface area contributed by atoms with Crippen LogP contribution in [0.15, 0.2) is 18.2 Å². The number of hydrogen-bond donors (Lipinski definition) is 1. The average Bonchev–Trinajstić information content (AvgIpc) is 2.22. The molecule has 1 N–H and O–H groups in total. The summed E-state index contributed by atoms with van der Waals surface area (Å²) in [4.78, 5) is 2.23. The van der Waals surface area contributed by atoms with E-state index in [-0.39, 0.29) is 0 Å². The second-order valence-corrected chi connectivity index (χ2v) is 5.66. The van der Waals surface area contributed by atoms with Crippen LogP contribution in [0.1, 0.15) is 29.5 Å². The first kappa shape index (κ1) is 12.6. The molecule has 1 heterocycles. The highest BCUT2D eigenvalue weighted by Crippen LogP contribution is 2.25. The van der Waals surface area contributed by atoms with Crippen molar-refractivity contribution in [3.05, 3.63) is 34.9 Å². The van der Waals surface area contributed by atoms with Gasteiger partial charge in [0.15, 0.2) is 0 Å². The molecule has 2 rings (SSSR count). The van der Waals surface area contributed by atoms with Gasteiger partial charge in [-0.2, -0.15) is 0 Å². The Labute approximate surface area is 104 Å². The van der Waals surface area contributed by atoms with E-state index in [1.54, 1.807) is 0 Å². The standard InChI is InChI=1S/C15H23NO/c1-12-5-6-14(9-13(12)2)10-15(17)7-4-8-16(3)11-15/h5-6,9,17H,4,7-8,10-11H2,1-3H3. The summed E-state index contributed by atoms with van der Waals surface area (Å²) < 4.78 is 0. The lowest BCUT2D eigenvalue weighted by Gasteiger charge is -2.37. The summed E-state index contributed by atoms with van der Waals surface area (Å²) in [6.07, 6.45) is 2.79. The van der Waals surface area contributed by atoms with E-state index in [1.807, 2.05) is 0 Å². The van der Waals surface area contributed by atoms with Crippen molar-refractivity contribution in [1.29, 1.82) is 0 Å². The van der Waals surface area contributed by atoms with Crippen molar-refractivity contribution < 1.29 is 5.11 Å². The Kier molecular flexibility index (Phi) is 3.55. The quantitative estimate of drug-likeness (QED) is 0.847. The van der Waals surface area contributed by atoms with Crippen molar-refractivity contribution in [3.8, 4) is 0 Å². The molecule has 2 heteroatoms. The van der Waals surface area contributed by atoms with Crippen molar-refractivity contribution in [2.75, 3.05) is 20.1 Å². The molecule has 17 heavy (non-hydrogen) atoms. The van der Waals surface area contributed by atoms with E-state index < -0.39 is 5.60 Å². The Balaban J connectivity index is 2.11. The fourth-order valence-electron chi connectivity index (χ4n) is 2.78. The van der Waals surface area contributed by atoms with Crippen LogP contribution in [-0.4, -0.2) is 35.7 Å². The molecule has 0 spiro atoms. The molecule has 1 aromatic rings. The monoisotopic (exact) mass is 233 g/mol. The van der Waals surface area contributed by atoms with Crippen LogP contribution in [0.25, 0.3) is 0 Å². The van der Waals surface area contributed by atoms with Gasteiger partial charge in [0.25, 0.3) is 0 Å². The van der Waals surface area contributed by atoms with Gasteiger partial charge in [0.2, 0.25) is 0 Å². The summed E-state index contributed by atoms with van der Waals surface area (Å²) in [5, 5.41) is 10.6. The van der Waals surface area contributed by atoms with Crippen LogP contribution >= 0.6 is 0 Å². The van der Waals surface area contributed by atoms with Crippen LogP contribution in [0.2, 0.25) is 0 Å². The largest absolute Gasteiger partial charge is 0.388 e. The van der Waals surface area contributed by atoms with Gasteiger partial charge in [0.1, 0.15) is 0 Å². The third-order valence-corrected chi connectivity index (χ3v) is 3.85. The smallest absolute Gasteiger partial charge is 0.0814 e. The van der Waals surface area contributed by atoms with Crippen LogP contribution < -0.4 is 0 Å². The Morgan fingerprint density at radius 2 is 2.06 bits per heavy atom. The van der Waals surface area contributed by atoms with Crippen LogP contribution in [0.3, 0.4) is 0 Å². The number of aryl methyl sites for hydroxylation is 2. The molecule has 0 aromatic heterocycles. The normalized spacial score (nSPS) is 26.1. The van der Waals surface area contributed by atoms with Gasteiger partial charge in [-0.3, -0.25) is 0 Å². The molecule has 1 unspecified atom stereocenters. The van der Waals surface area contributed by atoms with Crippen molar-refractivity contribution in [2.45, 2.75) is 38.7 Å². The van der Waals surface area contributed by atoms with Crippen LogP contribution in [0.4, 0.5) is 0 Å². The van der Waals surface area contributed by atoms with E-state index in [2.05, 4.69) is 44.0 Å². The first-order valence-corrected chi connectivity index (χ1v) is 6.46. The highest BCUT2D eigenvalue weighted by atomic mass is 16.3. The molecule has 1 saturated heterocycles. The minimum atomic E-state index is -0.533. The number of benzene rings is 1. The van der Waals surface area contributed by atoms with E-state index in [1.165, 1.54) is 16.7 Å². The molecule has 94 valence electrons. The molecule has 1 aromatic carbocycles. The summed E-state index contributed by atoms with van der Waals surface area (Å²) in [5.41, 5.74) is 3.36. The summed E-state index contributed by atoms with van der Waals surface area (Å²) in [7, 11) is 2.09. The van der Waals surface area contributed by atoms with E-state index in [9.17, 15) is 5.11 Å². The van der Waals surface area contributed by atoms with Gasteiger partial charge in [-0.25, -0.2) is 0 Å². The van der Waals surface area contributed by atoms with Gasteiger partial charge in [0, 0.05) is 13.0 Å². The van der Waals surface area contributed by atoms with Crippen molar-refractivity contribution in [2.24, 2.45) is 0 Å². The number of nitrogens with zero attached hydrogens (tertiary/aromatic N) is 1. The number of rotatable bonds is 2. The summed E-state index contributed by atoms with van der Waals surface area (Å²) >= 11 is 0. The highest BCUT2D eigenvalue weighted by molar-refractivity contribution is 5.30. The Morgan fingerprint density at radius 1 is 1.29 bits per heavy atom. The van der Waals surface area contributed by atoms with Crippen LogP contribution in [0.5, 0.6) is 0 Å². The number of aliphatic hydroxyl groups is 1. The third-order valence-electron chi connectivity index (χ3n) is 3.85. The maximum atomic E-state index is 10.6. The number of β-amino-alcohol motifs (C(OH)–C–C–N with tert-alkyl or cyclic N) is 1. The lowest BCUT2D eigenvalue weighted by Crippen LogP contribution is -2.47. The topological polar surface area (TPSA) is 23.5 Å². The van der Waals surface area contributed by atoms with Gasteiger partial charge in [-0.1, -0.05) is 18.2 Å². The van der Waals surface area contributed by atoms with Gasteiger partial charge in [0.05, 0.1) is 5.60 Å². The predicted molar refractivity (Wildman–Crippen MR) is 71.3 cm³/mol. The van der Waals surface area contributed by atoms with Gasteiger partial charge < -0.3 is 10.0 Å². The van der Waals surface area contributed by atoms with Crippen molar-refractivity contribution in [1.82, 2.24) is 4.90 Å². The number of piperidine rings is 1. The first-order chi connectivity index (χ1) is 7.98. The second-order valence-electron chi connectivity index (χ2n) is 5.66. The third kappa shape index (κ3) is 3.08. The molecular formula is C15H23NO. The highest BCUT2D eigenvalue weighted by Gasteiger charge is 2.31. The lowest BCUT2D eigenvalue weighted by atomic mass is 9.86. The molecule has 0 radical (unpaired) electrons. The van der Waals surface area contributed by atoms with Gasteiger partial charge in [-0.15, -0.1) is 0 Å². The zero-order chi connectivity index (χ0) is 12.5. The minimum Gasteiger partial charge on any atom is -0.388 e. The van der Waals surface area contributed by atoms with Crippen LogP contribution in [-0.2, 0) is 6.42 Å². The summed E-state index contributed by atoms with van der Waals surface area (Å²) in [5.74, 6) is 0.